The fourth-order valence-corrected chi connectivity index (χ4v) is 4.92. The van der Waals surface area contributed by atoms with E-state index in [1.807, 2.05) is 23.1 Å². The summed E-state index contributed by atoms with van der Waals surface area (Å²) in [6.45, 7) is 6.03. The van der Waals surface area contributed by atoms with E-state index < -0.39 is 12.0 Å². The molecule has 1 N–H and O–H groups in total. The largest absolute Gasteiger partial charge is 0.497 e. The molecule has 0 bridgehead atoms. The number of carbonyl (C=O) groups is 1. The van der Waals surface area contributed by atoms with Gasteiger partial charge in [0.25, 0.3) is 0 Å². The molecule has 188 valence electrons. The van der Waals surface area contributed by atoms with E-state index in [0.29, 0.717) is 37.2 Å². The molecule has 1 saturated heterocycles. The summed E-state index contributed by atoms with van der Waals surface area (Å²) in [5, 5.41) is 10.6. The minimum absolute atomic E-state index is 0.324. The van der Waals surface area contributed by atoms with E-state index in [9.17, 15) is 14.3 Å². The minimum Gasteiger partial charge on any atom is -0.497 e. The van der Waals surface area contributed by atoms with Crippen LogP contribution in [0.2, 0.25) is 0 Å². The summed E-state index contributed by atoms with van der Waals surface area (Å²) >= 11 is 0. The van der Waals surface area contributed by atoms with E-state index in [0.717, 1.165) is 37.0 Å². The van der Waals surface area contributed by atoms with Crippen molar-refractivity contribution in [3.05, 3.63) is 35.8 Å². The van der Waals surface area contributed by atoms with Gasteiger partial charge in [0, 0.05) is 25.0 Å². The highest BCUT2D eigenvalue weighted by Gasteiger charge is 2.31. The number of unbranched alkanes of at least 4 members (excludes halogenated alkanes) is 6. The molecule has 0 radical (unpaired) electrons. The molecule has 0 aliphatic carbocycles. The van der Waals surface area contributed by atoms with Gasteiger partial charge in [0.05, 0.1) is 18.8 Å². The standard InChI is InChI=1S/C27H40FN3O3/c1-3-4-5-6-7-8-9-14-30-16-17-31(26(20-30)27(32)33)15-10-11-22-23-18-21(34-2)12-13-25(23)29-19-24(22)28/h12-13,18-19,26H,3-11,14-17,20H2,1-2H3,(H,32,33)/t26-/m1/s1. The molecule has 7 heteroatoms. The summed E-state index contributed by atoms with van der Waals surface area (Å²) in [6, 6.07) is 4.98. The zero-order chi connectivity index (χ0) is 24.3. The molecule has 0 spiro atoms. The monoisotopic (exact) mass is 473 g/mol. The van der Waals surface area contributed by atoms with Crippen molar-refractivity contribution in [3.8, 4) is 5.75 Å². The van der Waals surface area contributed by atoms with Crippen LogP contribution in [0.25, 0.3) is 10.9 Å². The van der Waals surface area contributed by atoms with Crippen molar-refractivity contribution < 1.29 is 19.0 Å². The van der Waals surface area contributed by atoms with Crippen LogP contribution in [0.1, 0.15) is 63.9 Å². The molecule has 1 aromatic heterocycles. The van der Waals surface area contributed by atoms with Crippen LogP contribution in [0, 0.1) is 5.82 Å². The summed E-state index contributed by atoms with van der Waals surface area (Å²) in [5.74, 6) is -0.422. The van der Waals surface area contributed by atoms with Crippen molar-refractivity contribution in [3.63, 3.8) is 0 Å². The third kappa shape index (κ3) is 7.37. The molecule has 2 heterocycles. The molecule has 6 nitrogen and oxygen atoms in total. The third-order valence-corrected chi connectivity index (χ3v) is 6.94. The van der Waals surface area contributed by atoms with Crippen LogP contribution in [0.4, 0.5) is 4.39 Å². The fraction of sp³-hybridized carbons (Fsp3) is 0.630. The van der Waals surface area contributed by atoms with Gasteiger partial charge in [0.2, 0.25) is 0 Å². The Morgan fingerprint density at radius 3 is 2.62 bits per heavy atom. The van der Waals surface area contributed by atoms with Crippen molar-refractivity contribution >= 4 is 16.9 Å². The minimum atomic E-state index is -0.769. The number of aromatic nitrogens is 1. The van der Waals surface area contributed by atoms with Gasteiger partial charge in [-0.3, -0.25) is 19.6 Å². The molecule has 34 heavy (non-hydrogen) atoms. The zero-order valence-electron chi connectivity index (χ0n) is 20.8. The van der Waals surface area contributed by atoms with Crippen LogP contribution >= 0.6 is 0 Å². The average Bonchev–Trinajstić information content (AvgIpc) is 2.84. The highest BCUT2D eigenvalue weighted by molar-refractivity contribution is 5.83. The molecule has 0 amide bonds. The number of fused-ring (bicyclic) bond motifs is 1. The second kappa shape index (κ2) is 13.6. The van der Waals surface area contributed by atoms with Crippen LogP contribution in [0.15, 0.2) is 24.4 Å². The number of benzene rings is 1. The van der Waals surface area contributed by atoms with Crippen molar-refractivity contribution in [1.29, 1.82) is 0 Å². The van der Waals surface area contributed by atoms with Crippen LogP contribution in [-0.2, 0) is 11.2 Å². The number of halogens is 1. The van der Waals surface area contributed by atoms with Crippen LogP contribution in [0.3, 0.4) is 0 Å². The maximum atomic E-state index is 14.6. The molecule has 1 atom stereocenters. The zero-order valence-corrected chi connectivity index (χ0v) is 20.8. The Bertz CT molecular complexity index is 923. The second-order valence-electron chi connectivity index (χ2n) is 9.38. The summed E-state index contributed by atoms with van der Waals surface area (Å²) < 4.78 is 19.9. The van der Waals surface area contributed by atoms with Gasteiger partial charge in [-0.2, -0.15) is 0 Å². The van der Waals surface area contributed by atoms with Gasteiger partial charge in [-0.1, -0.05) is 45.4 Å². The number of pyridine rings is 1. The lowest BCUT2D eigenvalue weighted by Crippen LogP contribution is -2.56. The Morgan fingerprint density at radius 2 is 1.88 bits per heavy atom. The highest BCUT2D eigenvalue weighted by Crippen LogP contribution is 2.26. The fourth-order valence-electron chi connectivity index (χ4n) is 4.92. The number of piperazine rings is 1. The number of hydrogen-bond acceptors (Lipinski definition) is 5. The van der Waals surface area contributed by atoms with Gasteiger partial charge in [-0.15, -0.1) is 0 Å². The van der Waals surface area contributed by atoms with Crippen molar-refractivity contribution in [2.24, 2.45) is 0 Å². The average molecular weight is 474 g/mol. The lowest BCUT2D eigenvalue weighted by atomic mass is 10.0. The summed E-state index contributed by atoms with van der Waals surface area (Å²) in [4.78, 5) is 20.5. The molecular weight excluding hydrogens is 433 g/mol. The van der Waals surface area contributed by atoms with Crippen molar-refractivity contribution in [1.82, 2.24) is 14.8 Å². The quantitative estimate of drug-likeness (QED) is 0.384. The predicted molar refractivity (Wildman–Crippen MR) is 134 cm³/mol. The normalized spacial score (nSPS) is 17.3. The van der Waals surface area contributed by atoms with E-state index >= 15 is 0 Å². The van der Waals surface area contributed by atoms with E-state index in [4.69, 9.17) is 4.74 Å². The first-order valence-corrected chi connectivity index (χ1v) is 12.8. The number of rotatable bonds is 14. The Labute approximate surface area is 203 Å². The molecule has 1 fully saturated rings. The molecule has 1 aromatic carbocycles. The van der Waals surface area contributed by atoms with Gasteiger partial charge in [-0.05, 0) is 56.1 Å². The Balaban J connectivity index is 1.50. The number of ether oxygens (including phenoxy) is 1. The van der Waals surface area contributed by atoms with Crippen molar-refractivity contribution in [2.75, 3.05) is 39.8 Å². The second-order valence-corrected chi connectivity index (χ2v) is 9.38. The molecule has 3 rings (SSSR count). The third-order valence-electron chi connectivity index (χ3n) is 6.94. The van der Waals surface area contributed by atoms with E-state index in [1.54, 1.807) is 7.11 Å². The predicted octanol–water partition coefficient (Wildman–Crippen LogP) is 5.14. The molecule has 1 aliphatic heterocycles. The van der Waals surface area contributed by atoms with Crippen molar-refractivity contribution in [2.45, 2.75) is 70.8 Å². The first-order chi connectivity index (χ1) is 16.5. The number of carboxylic acid groups (broad SMARTS) is 1. The maximum Gasteiger partial charge on any atom is 0.322 e. The summed E-state index contributed by atoms with van der Waals surface area (Å²) in [6.07, 6.45) is 11.3. The van der Waals surface area contributed by atoms with Crippen LogP contribution in [-0.4, -0.2) is 71.7 Å². The first kappa shape index (κ1) is 26.4. The molecule has 0 saturated carbocycles. The number of aliphatic carboxylic acids is 1. The van der Waals surface area contributed by atoms with Crippen LogP contribution < -0.4 is 4.74 Å². The highest BCUT2D eigenvalue weighted by atomic mass is 19.1. The first-order valence-electron chi connectivity index (χ1n) is 12.8. The number of carboxylic acids is 1. The van der Waals surface area contributed by atoms with E-state index in [1.165, 1.54) is 44.7 Å². The molecule has 1 aliphatic rings. The molecular formula is C27H40FN3O3. The van der Waals surface area contributed by atoms with Gasteiger partial charge >= 0.3 is 5.97 Å². The van der Waals surface area contributed by atoms with Gasteiger partial charge in [0.15, 0.2) is 0 Å². The van der Waals surface area contributed by atoms with Gasteiger partial charge in [-0.25, -0.2) is 4.39 Å². The number of aryl methyl sites for hydroxylation is 1. The number of hydrogen-bond donors (Lipinski definition) is 1. The topological polar surface area (TPSA) is 65.9 Å². The van der Waals surface area contributed by atoms with Gasteiger partial charge < -0.3 is 9.84 Å². The Hall–Kier alpha value is -2.25. The molecule has 0 unspecified atom stereocenters. The summed E-state index contributed by atoms with van der Waals surface area (Å²) in [5.41, 5.74) is 1.35. The molecule has 2 aromatic rings. The maximum absolute atomic E-state index is 14.6. The lowest BCUT2D eigenvalue weighted by Gasteiger charge is -2.39. The Morgan fingerprint density at radius 1 is 1.12 bits per heavy atom. The number of methoxy groups -OCH3 is 1. The van der Waals surface area contributed by atoms with Crippen LogP contribution in [0.5, 0.6) is 5.75 Å². The Kier molecular flexibility index (Phi) is 10.5. The SMILES string of the molecule is CCCCCCCCCN1CCN(CCCc2c(F)cnc3ccc(OC)cc23)[C@@H](C(=O)O)C1. The smallest absolute Gasteiger partial charge is 0.322 e. The summed E-state index contributed by atoms with van der Waals surface area (Å²) in [7, 11) is 1.59. The van der Waals surface area contributed by atoms with E-state index in [2.05, 4.69) is 16.8 Å². The van der Waals surface area contributed by atoms with Gasteiger partial charge in [0.1, 0.15) is 17.6 Å². The van der Waals surface area contributed by atoms with E-state index in [-0.39, 0.29) is 5.82 Å². The number of nitrogens with zero attached hydrogens (tertiary/aromatic N) is 3. The lowest BCUT2D eigenvalue weighted by molar-refractivity contribution is -0.145.